The minimum atomic E-state index is -0.296. The van der Waals surface area contributed by atoms with E-state index in [1.165, 1.54) is 6.07 Å². The first-order chi connectivity index (χ1) is 8.33. The summed E-state index contributed by atoms with van der Waals surface area (Å²) >= 11 is 0. The molecule has 90 valence electrons. The van der Waals surface area contributed by atoms with Crippen molar-refractivity contribution in [3.63, 3.8) is 0 Å². The van der Waals surface area contributed by atoms with Crippen LogP contribution in [-0.4, -0.2) is 20.3 Å². The molecular weight excluding hydrogens is 221 g/mol. The fraction of sp³-hybridized carbons (Fsp3) is 0.231. The molecule has 0 radical (unpaired) electrons. The molecule has 3 nitrogen and oxygen atoms in total. The lowest BCUT2D eigenvalue weighted by Crippen LogP contribution is -2.09. The highest BCUT2D eigenvalue weighted by Gasteiger charge is 2.11. The lowest BCUT2D eigenvalue weighted by molar-refractivity contribution is 0.210. The average Bonchev–Trinajstić information content (AvgIpc) is 2.85. The van der Waals surface area contributed by atoms with Crippen LogP contribution in [0.1, 0.15) is 0 Å². The van der Waals surface area contributed by atoms with Gasteiger partial charge >= 0.3 is 0 Å². The maximum Gasteiger partial charge on any atom is 0.147 e. The third-order valence-electron chi connectivity index (χ3n) is 2.41. The van der Waals surface area contributed by atoms with Crippen molar-refractivity contribution in [2.75, 3.05) is 25.6 Å². The van der Waals surface area contributed by atoms with E-state index in [0.29, 0.717) is 30.2 Å². The Hall–Kier alpha value is -1.81. The number of para-hydroxylation sites is 1. The molecular formula is C13H14FNO2. The predicted molar refractivity (Wildman–Crippen MR) is 64.5 cm³/mol. The summed E-state index contributed by atoms with van der Waals surface area (Å²) < 4.78 is 23.9. The molecule has 4 heteroatoms. The van der Waals surface area contributed by atoms with Gasteiger partial charge in [-0.3, -0.25) is 0 Å². The van der Waals surface area contributed by atoms with Gasteiger partial charge in [-0.15, -0.1) is 0 Å². The van der Waals surface area contributed by atoms with Crippen molar-refractivity contribution in [3.05, 3.63) is 42.4 Å². The van der Waals surface area contributed by atoms with Gasteiger partial charge < -0.3 is 14.5 Å². The van der Waals surface area contributed by atoms with E-state index < -0.39 is 0 Å². The Morgan fingerprint density at radius 2 is 2.18 bits per heavy atom. The van der Waals surface area contributed by atoms with E-state index in [2.05, 4.69) is 5.32 Å². The molecule has 1 aromatic heterocycles. The summed E-state index contributed by atoms with van der Waals surface area (Å²) in [4.78, 5) is 0. The first-order valence-corrected chi connectivity index (χ1v) is 5.38. The highest BCUT2D eigenvalue weighted by Crippen LogP contribution is 2.30. The monoisotopic (exact) mass is 235 g/mol. The zero-order valence-corrected chi connectivity index (χ0v) is 9.57. The second kappa shape index (κ2) is 5.50. The van der Waals surface area contributed by atoms with Crippen molar-refractivity contribution in [3.8, 4) is 11.3 Å². The summed E-state index contributed by atoms with van der Waals surface area (Å²) in [7, 11) is 1.61. The molecule has 1 aromatic carbocycles. The Morgan fingerprint density at radius 3 is 2.88 bits per heavy atom. The van der Waals surface area contributed by atoms with Crippen molar-refractivity contribution < 1.29 is 13.5 Å². The molecule has 0 saturated carbocycles. The number of hydrogen-bond donors (Lipinski definition) is 1. The molecule has 0 unspecified atom stereocenters. The number of benzene rings is 1. The van der Waals surface area contributed by atoms with Crippen LogP contribution in [0.15, 0.2) is 41.0 Å². The average molecular weight is 235 g/mol. The van der Waals surface area contributed by atoms with Gasteiger partial charge in [-0.25, -0.2) is 4.39 Å². The number of rotatable bonds is 5. The Morgan fingerprint density at radius 1 is 1.29 bits per heavy atom. The highest BCUT2D eigenvalue weighted by atomic mass is 19.1. The third kappa shape index (κ3) is 2.65. The van der Waals surface area contributed by atoms with Crippen molar-refractivity contribution in [1.82, 2.24) is 0 Å². The molecule has 0 atom stereocenters. The molecule has 2 aromatic rings. The number of anilines is 1. The van der Waals surface area contributed by atoms with Gasteiger partial charge in [0, 0.05) is 19.2 Å². The molecule has 17 heavy (non-hydrogen) atoms. The van der Waals surface area contributed by atoms with Gasteiger partial charge in [0.15, 0.2) is 0 Å². The van der Waals surface area contributed by atoms with Gasteiger partial charge in [0.25, 0.3) is 0 Å². The zero-order chi connectivity index (χ0) is 12.1. The minimum absolute atomic E-state index is 0.296. The minimum Gasteiger partial charge on any atom is -0.464 e. The topological polar surface area (TPSA) is 34.4 Å². The van der Waals surface area contributed by atoms with Crippen molar-refractivity contribution in [2.45, 2.75) is 0 Å². The molecule has 0 aliphatic heterocycles. The molecule has 2 rings (SSSR count). The van der Waals surface area contributed by atoms with Gasteiger partial charge in [-0.05, 0) is 24.3 Å². The first kappa shape index (κ1) is 11.7. The molecule has 0 aliphatic rings. The molecule has 1 heterocycles. The fourth-order valence-electron chi connectivity index (χ4n) is 1.62. The lowest BCUT2D eigenvalue weighted by atomic mass is 10.1. The van der Waals surface area contributed by atoms with Crippen LogP contribution >= 0.6 is 0 Å². The SMILES string of the molecule is COCCNc1c(F)cccc1-c1ccco1. The van der Waals surface area contributed by atoms with Crippen LogP contribution in [0, 0.1) is 5.82 Å². The van der Waals surface area contributed by atoms with Crippen molar-refractivity contribution >= 4 is 5.69 Å². The van der Waals surface area contributed by atoms with Gasteiger partial charge in [-0.1, -0.05) is 6.07 Å². The van der Waals surface area contributed by atoms with E-state index in [9.17, 15) is 4.39 Å². The van der Waals surface area contributed by atoms with Gasteiger partial charge in [0.2, 0.25) is 0 Å². The normalized spacial score (nSPS) is 10.5. The van der Waals surface area contributed by atoms with Crippen LogP contribution < -0.4 is 5.32 Å². The van der Waals surface area contributed by atoms with Crippen LogP contribution in [0.3, 0.4) is 0 Å². The number of methoxy groups -OCH3 is 1. The summed E-state index contributed by atoms with van der Waals surface area (Å²) in [5.41, 5.74) is 1.16. The summed E-state index contributed by atoms with van der Waals surface area (Å²) in [5, 5.41) is 3.01. The number of ether oxygens (including phenoxy) is 1. The second-order valence-corrected chi connectivity index (χ2v) is 3.56. The smallest absolute Gasteiger partial charge is 0.147 e. The van der Waals surface area contributed by atoms with Crippen LogP contribution in [-0.2, 0) is 4.74 Å². The maximum absolute atomic E-state index is 13.7. The Labute approximate surface area is 99.2 Å². The highest BCUT2D eigenvalue weighted by molar-refractivity contribution is 5.75. The molecule has 1 N–H and O–H groups in total. The summed E-state index contributed by atoms with van der Waals surface area (Å²) in [6.07, 6.45) is 1.57. The van der Waals surface area contributed by atoms with Crippen molar-refractivity contribution in [1.29, 1.82) is 0 Å². The zero-order valence-electron chi connectivity index (χ0n) is 9.57. The quantitative estimate of drug-likeness (QED) is 0.808. The first-order valence-electron chi connectivity index (χ1n) is 5.38. The fourth-order valence-corrected chi connectivity index (χ4v) is 1.62. The van der Waals surface area contributed by atoms with Crippen LogP contribution in [0.5, 0.6) is 0 Å². The van der Waals surface area contributed by atoms with Gasteiger partial charge in [0.1, 0.15) is 11.6 Å². The summed E-state index contributed by atoms with van der Waals surface area (Å²) in [5.74, 6) is 0.347. The Bertz CT molecular complexity index is 468. The molecule has 0 aliphatic carbocycles. The number of hydrogen-bond acceptors (Lipinski definition) is 3. The summed E-state index contributed by atoms with van der Waals surface area (Å²) in [6.45, 7) is 1.07. The van der Waals surface area contributed by atoms with Crippen LogP contribution in [0.2, 0.25) is 0 Å². The van der Waals surface area contributed by atoms with E-state index in [0.717, 1.165) is 0 Å². The Kier molecular flexibility index (Phi) is 3.77. The van der Waals surface area contributed by atoms with Crippen molar-refractivity contribution in [2.24, 2.45) is 0 Å². The van der Waals surface area contributed by atoms with Crippen LogP contribution in [0.25, 0.3) is 11.3 Å². The lowest BCUT2D eigenvalue weighted by Gasteiger charge is -2.11. The van der Waals surface area contributed by atoms with Gasteiger partial charge in [0.05, 0.1) is 18.6 Å². The summed E-state index contributed by atoms with van der Waals surface area (Å²) in [6, 6.07) is 8.47. The predicted octanol–water partition coefficient (Wildman–Crippen LogP) is 3.14. The largest absolute Gasteiger partial charge is 0.464 e. The maximum atomic E-state index is 13.7. The van der Waals surface area contributed by atoms with E-state index >= 15 is 0 Å². The number of furan rings is 1. The molecule has 0 fully saturated rings. The van der Waals surface area contributed by atoms with E-state index in [4.69, 9.17) is 9.15 Å². The van der Waals surface area contributed by atoms with E-state index in [1.54, 1.807) is 31.6 Å². The molecule has 0 saturated heterocycles. The van der Waals surface area contributed by atoms with E-state index in [1.807, 2.05) is 6.07 Å². The Balaban J connectivity index is 2.28. The van der Waals surface area contributed by atoms with Gasteiger partial charge in [-0.2, -0.15) is 0 Å². The van der Waals surface area contributed by atoms with E-state index in [-0.39, 0.29) is 5.82 Å². The number of halogens is 1. The van der Waals surface area contributed by atoms with Crippen LogP contribution in [0.4, 0.5) is 10.1 Å². The molecule has 0 bridgehead atoms. The second-order valence-electron chi connectivity index (χ2n) is 3.56. The third-order valence-corrected chi connectivity index (χ3v) is 2.41. The standard InChI is InChI=1S/C13H14FNO2/c1-16-9-7-15-13-10(4-2-5-11(13)14)12-6-3-8-17-12/h2-6,8,15H,7,9H2,1H3. The molecule has 0 amide bonds. The number of nitrogens with one attached hydrogen (secondary N) is 1. The molecule has 0 spiro atoms.